The maximum absolute atomic E-state index is 12.5. The third-order valence-electron chi connectivity index (χ3n) is 4.00. The number of piperidine rings is 1. The van der Waals surface area contributed by atoms with Crippen LogP contribution in [0, 0.1) is 0 Å². The maximum Gasteiger partial charge on any atom is 0.417 e. The van der Waals surface area contributed by atoms with Crippen LogP contribution < -0.4 is 0 Å². The van der Waals surface area contributed by atoms with Crippen LogP contribution in [-0.2, 0) is 6.18 Å². The summed E-state index contributed by atoms with van der Waals surface area (Å²) in [7, 11) is 0. The number of halogens is 3. The minimum absolute atomic E-state index is 0.0365. The van der Waals surface area contributed by atoms with Crippen LogP contribution in [0.5, 0.6) is 0 Å². The van der Waals surface area contributed by atoms with Gasteiger partial charge in [-0.3, -0.25) is 9.78 Å². The number of alkyl halides is 3. The van der Waals surface area contributed by atoms with Crippen LogP contribution in [0.2, 0.25) is 0 Å². The number of aromatic amines is 1. The molecule has 3 heterocycles. The summed E-state index contributed by atoms with van der Waals surface area (Å²) in [5.41, 5.74) is -0.819. The Kier molecular flexibility index (Phi) is 4.06. The molecular formula is C15H15F3N4O. The third kappa shape index (κ3) is 3.35. The van der Waals surface area contributed by atoms with E-state index >= 15 is 0 Å². The predicted octanol–water partition coefficient (Wildman–Crippen LogP) is 2.84. The van der Waals surface area contributed by atoms with Gasteiger partial charge >= 0.3 is 6.18 Å². The Morgan fingerprint density at radius 3 is 2.48 bits per heavy atom. The fourth-order valence-corrected chi connectivity index (χ4v) is 2.71. The number of hydrogen-bond acceptors (Lipinski definition) is 3. The Labute approximate surface area is 130 Å². The average molecular weight is 324 g/mol. The predicted molar refractivity (Wildman–Crippen MR) is 75.7 cm³/mol. The molecule has 3 rings (SSSR count). The number of amides is 1. The zero-order chi connectivity index (χ0) is 16.4. The number of aromatic nitrogens is 3. The van der Waals surface area contributed by atoms with Gasteiger partial charge in [-0.25, -0.2) is 4.98 Å². The minimum Gasteiger partial charge on any atom is -0.348 e. The van der Waals surface area contributed by atoms with Gasteiger partial charge in [-0.1, -0.05) is 0 Å². The van der Waals surface area contributed by atoms with Crippen molar-refractivity contribution in [2.75, 3.05) is 13.1 Å². The Bertz CT molecular complexity index is 659. The van der Waals surface area contributed by atoms with E-state index in [1.165, 1.54) is 0 Å². The summed E-state index contributed by atoms with van der Waals surface area (Å²) in [4.78, 5) is 24.9. The molecule has 0 aliphatic carbocycles. The molecule has 0 bridgehead atoms. The number of imidazole rings is 1. The summed E-state index contributed by atoms with van der Waals surface area (Å²) in [6.07, 6.45) is 1.23. The number of nitrogens with zero attached hydrogens (tertiary/aromatic N) is 3. The fraction of sp³-hybridized carbons (Fsp3) is 0.400. The van der Waals surface area contributed by atoms with Crippen LogP contribution in [0.15, 0.2) is 30.7 Å². The lowest BCUT2D eigenvalue weighted by Crippen LogP contribution is -2.38. The van der Waals surface area contributed by atoms with Crippen LogP contribution in [0.4, 0.5) is 13.2 Å². The molecule has 1 aliphatic heterocycles. The number of carbonyl (C=O) groups excluding carboxylic acids is 1. The van der Waals surface area contributed by atoms with E-state index in [0.29, 0.717) is 19.3 Å². The van der Waals surface area contributed by atoms with Gasteiger partial charge in [-0.05, 0) is 25.0 Å². The molecule has 0 spiro atoms. The normalized spacial score (nSPS) is 16.6. The molecule has 1 saturated heterocycles. The standard InChI is InChI=1S/C15H15F3N4O/c16-15(17,18)11-1-2-12(21-9-11)14(23)22-7-3-10(4-8-22)13-19-5-6-20-13/h1-2,5-6,9-10H,3-4,7-8H2,(H,19,20). The Hall–Kier alpha value is -2.38. The molecular weight excluding hydrogens is 309 g/mol. The van der Waals surface area contributed by atoms with Gasteiger partial charge in [0.15, 0.2) is 0 Å². The third-order valence-corrected chi connectivity index (χ3v) is 4.00. The Morgan fingerprint density at radius 2 is 1.96 bits per heavy atom. The lowest BCUT2D eigenvalue weighted by atomic mass is 9.96. The first-order chi connectivity index (χ1) is 10.9. The van der Waals surface area contributed by atoms with Gasteiger partial charge in [0.2, 0.25) is 0 Å². The van der Waals surface area contributed by atoms with Crippen molar-refractivity contribution in [3.63, 3.8) is 0 Å². The highest BCUT2D eigenvalue weighted by atomic mass is 19.4. The lowest BCUT2D eigenvalue weighted by Gasteiger charge is -2.30. The van der Waals surface area contributed by atoms with Gasteiger partial charge in [-0.2, -0.15) is 13.2 Å². The van der Waals surface area contributed by atoms with E-state index in [1.807, 2.05) is 0 Å². The number of pyridine rings is 1. The second kappa shape index (κ2) is 6.02. The molecule has 0 aromatic carbocycles. The van der Waals surface area contributed by atoms with Gasteiger partial charge < -0.3 is 9.88 Å². The molecule has 2 aromatic rings. The van der Waals surface area contributed by atoms with Crippen LogP contribution in [0.25, 0.3) is 0 Å². The number of nitrogens with one attached hydrogen (secondary N) is 1. The van der Waals surface area contributed by atoms with E-state index in [9.17, 15) is 18.0 Å². The van der Waals surface area contributed by atoms with Crippen molar-refractivity contribution < 1.29 is 18.0 Å². The summed E-state index contributed by atoms with van der Waals surface area (Å²) < 4.78 is 37.5. The minimum atomic E-state index is -4.45. The van der Waals surface area contributed by atoms with Gasteiger partial charge in [0, 0.05) is 37.6 Å². The number of H-pyrrole nitrogens is 1. The molecule has 0 saturated carbocycles. The van der Waals surface area contributed by atoms with Gasteiger partial charge in [-0.15, -0.1) is 0 Å². The summed E-state index contributed by atoms with van der Waals surface area (Å²) >= 11 is 0. The largest absolute Gasteiger partial charge is 0.417 e. The number of rotatable bonds is 2. The van der Waals surface area contributed by atoms with Crippen molar-refractivity contribution in [3.05, 3.63) is 47.8 Å². The first-order valence-corrected chi connectivity index (χ1v) is 7.27. The second-order valence-electron chi connectivity index (χ2n) is 5.47. The highest BCUT2D eigenvalue weighted by molar-refractivity contribution is 5.92. The summed E-state index contributed by atoms with van der Waals surface area (Å²) in [6, 6.07) is 2.01. The number of likely N-dealkylation sites (tertiary alicyclic amines) is 1. The Balaban J connectivity index is 1.63. The zero-order valence-electron chi connectivity index (χ0n) is 12.2. The zero-order valence-corrected chi connectivity index (χ0v) is 12.2. The molecule has 1 amide bonds. The molecule has 1 N–H and O–H groups in total. The van der Waals surface area contributed by atoms with Crippen LogP contribution in [-0.4, -0.2) is 38.8 Å². The molecule has 1 aliphatic rings. The quantitative estimate of drug-likeness (QED) is 0.924. The molecule has 8 heteroatoms. The van der Waals surface area contributed by atoms with E-state index < -0.39 is 11.7 Å². The molecule has 5 nitrogen and oxygen atoms in total. The maximum atomic E-state index is 12.5. The SMILES string of the molecule is O=C(c1ccc(C(F)(F)F)cn1)N1CCC(c2ncc[nH]2)CC1. The van der Waals surface area contributed by atoms with E-state index in [0.717, 1.165) is 30.8 Å². The van der Waals surface area contributed by atoms with Crippen molar-refractivity contribution in [1.82, 2.24) is 19.9 Å². The Morgan fingerprint density at radius 1 is 1.22 bits per heavy atom. The summed E-state index contributed by atoms with van der Waals surface area (Å²) in [5, 5.41) is 0. The summed E-state index contributed by atoms with van der Waals surface area (Å²) in [5.74, 6) is 0.844. The highest BCUT2D eigenvalue weighted by Crippen LogP contribution is 2.29. The molecule has 1 fully saturated rings. The highest BCUT2D eigenvalue weighted by Gasteiger charge is 2.31. The molecule has 0 atom stereocenters. The van der Waals surface area contributed by atoms with E-state index in [-0.39, 0.29) is 17.5 Å². The average Bonchev–Trinajstić information content (AvgIpc) is 3.08. The molecule has 0 radical (unpaired) electrons. The first kappa shape index (κ1) is 15.5. The fourth-order valence-electron chi connectivity index (χ4n) is 2.71. The number of carbonyl (C=O) groups is 1. The van der Waals surface area contributed by atoms with Crippen molar-refractivity contribution in [2.45, 2.75) is 24.9 Å². The van der Waals surface area contributed by atoms with Crippen molar-refractivity contribution >= 4 is 5.91 Å². The topological polar surface area (TPSA) is 61.9 Å². The van der Waals surface area contributed by atoms with Gasteiger partial charge in [0.1, 0.15) is 11.5 Å². The first-order valence-electron chi connectivity index (χ1n) is 7.27. The number of hydrogen-bond donors (Lipinski definition) is 1. The molecule has 2 aromatic heterocycles. The molecule has 122 valence electrons. The monoisotopic (exact) mass is 324 g/mol. The second-order valence-corrected chi connectivity index (χ2v) is 5.47. The van der Waals surface area contributed by atoms with Crippen molar-refractivity contribution in [2.24, 2.45) is 0 Å². The van der Waals surface area contributed by atoms with Gasteiger partial charge in [0.05, 0.1) is 5.56 Å². The van der Waals surface area contributed by atoms with E-state index in [4.69, 9.17) is 0 Å². The van der Waals surface area contributed by atoms with E-state index in [1.54, 1.807) is 17.3 Å². The smallest absolute Gasteiger partial charge is 0.348 e. The lowest BCUT2D eigenvalue weighted by molar-refractivity contribution is -0.137. The van der Waals surface area contributed by atoms with Crippen LogP contribution in [0.3, 0.4) is 0 Å². The van der Waals surface area contributed by atoms with Crippen LogP contribution in [0.1, 0.15) is 40.6 Å². The molecule has 0 unspecified atom stereocenters. The van der Waals surface area contributed by atoms with Crippen LogP contribution >= 0.6 is 0 Å². The van der Waals surface area contributed by atoms with Crippen molar-refractivity contribution in [3.8, 4) is 0 Å². The van der Waals surface area contributed by atoms with Crippen molar-refractivity contribution in [1.29, 1.82) is 0 Å². The molecule has 23 heavy (non-hydrogen) atoms. The van der Waals surface area contributed by atoms with Gasteiger partial charge in [0.25, 0.3) is 5.91 Å². The van der Waals surface area contributed by atoms with E-state index in [2.05, 4.69) is 15.0 Å². The summed E-state index contributed by atoms with van der Waals surface area (Å²) in [6.45, 7) is 1.07.